The van der Waals surface area contributed by atoms with E-state index in [0.29, 0.717) is 6.42 Å². The Kier molecular flexibility index (Phi) is 4.86. The number of hydrogen-bond donors (Lipinski definition) is 1. The van der Waals surface area contributed by atoms with Crippen molar-refractivity contribution < 1.29 is 9.84 Å². The van der Waals surface area contributed by atoms with Crippen molar-refractivity contribution in [1.29, 1.82) is 0 Å². The van der Waals surface area contributed by atoms with Crippen molar-refractivity contribution in [3.8, 4) is 0 Å². The van der Waals surface area contributed by atoms with Crippen LogP contribution in [0.2, 0.25) is 0 Å². The van der Waals surface area contributed by atoms with Crippen molar-refractivity contribution in [2.24, 2.45) is 5.92 Å². The number of thiophene rings is 1. The first-order valence-electron chi connectivity index (χ1n) is 6.53. The molecule has 1 N–H and O–H groups in total. The smallest absolute Gasteiger partial charge is 0.0940 e. The fraction of sp³-hybridized carbons (Fsp3) is 0.714. The normalized spacial score (nSPS) is 30.3. The van der Waals surface area contributed by atoms with E-state index in [1.165, 1.54) is 4.88 Å². The van der Waals surface area contributed by atoms with Crippen LogP contribution in [0.25, 0.3) is 0 Å². The molecule has 1 aromatic heterocycles. The van der Waals surface area contributed by atoms with E-state index in [9.17, 15) is 5.11 Å². The molecule has 1 fully saturated rings. The van der Waals surface area contributed by atoms with E-state index in [0.717, 1.165) is 35.4 Å². The van der Waals surface area contributed by atoms with Crippen LogP contribution in [-0.4, -0.2) is 23.9 Å². The van der Waals surface area contributed by atoms with Gasteiger partial charge in [0.2, 0.25) is 0 Å². The van der Waals surface area contributed by atoms with E-state index in [2.05, 4.69) is 28.9 Å². The maximum atomic E-state index is 10.5. The Bertz CT molecular complexity index is 383. The van der Waals surface area contributed by atoms with Crippen molar-refractivity contribution in [2.45, 2.75) is 50.7 Å². The minimum atomic E-state index is -0.402. The van der Waals surface area contributed by atoms with Crippen molar-refractivity contribution in [3.05, 3.63) is 20.8 Å². The number of aliphatic hydroxyl groups is 1. The molecule has 4 heteroatoms. The van der Waals surface area contributed by atoms with E-state index in [1.807, 2.05) is 6.07 Å². The fourth-order valence-corrected chi connectivity index (χ4v) is 4.28. The monoisotopic (exact) mass is 332 g/mol. The zero-order valence-electron chi connectivity index (χ0n) is 11.0. The van der Waals surface area contributed by atoms with Crippen LogP contribution in [-0.2, 0) is 11.2 Å². The molecule has 1 heterocycles. The SMILES string of the molecule is COC1(C(O)Cc2ccc(Br)s2)CCC(C)CC1. The van der Waals surface area contributed by atoms with E-state index in [1.54, 1.807) is 18.4 Å². The van der Waals surface area contributed by atoms with Gasteiger partial charge < -0.3 is 9.84 Å². The topological polar surface area (TPSA) is 29.5 Å². The van der Waals surface area contributed by atoms with E-state index in [-0.39, 0.29) is 5.60 Å². The Labute approximate surface area is 121 Å². The third-order valence-corrected chi connectivity index (χ3v) is 5.80. The second kappa shape index (κ2) is 6.04. The molecule has 1 unspecified atom stereocenters. The van der Waals surface area contributed by atoms with Crippen molar-refractivity contribution >= 4 is 27.3 Å². The molecule has 102 valence electrons. The third kappa shape index (κ3) is 3.16. The summed E-state index contributed by atoms with van der Waals surface area (Å²) >= 11 is 5.15. The predicted octanol–water partition coefficient (Wildman–Crippen LogP) is 4.01. The lowest BCUT2D eigenvalue weighted by atomic mass is 9.75. The zero-order valence-corrected chi connectivity index (χ0v) is 13.4. The summed E-state index contributed by atoms with van der Waals surface area (Å²) in [7, 11) is 1.74. The quantitative estimate of drug-likeness (QED) is 0.902. The number of hydrogen-bond acceptors (Lipinski definition) is 3. The number of halogens is 1. The lowest BCUT2D eigenvalue weighted by molar-refractivity contribution is -0.127. The molecule has 1 aliphatic carbocycles. The van der Waals surface area contributed by atoms with Gasteiger partial charge in [-0.1, -0.05) is 6.92 Å². The first-order valence-corrected chi connectivity index (χ1v) is 8.14. The summed E-state index contributed by atoms with van der Waals surface area (Å²) in [6, 6.07) is 4.11. The summed E-state index contributed by atoms with van der Waals surface area (Å²) < 4.78 is 6.83. The second-order valence-corrected chi connectivity index (χ2v) is 7.92. The van der Waals surface area contributed by atoms with Gasteiger partial charge in [-0.15, -0.1) is 11.3 Å². The Balaban J connectivity index is 2.03. The molecule has 0 aromatic carbocycles. The average molecular weight is 333 g/mol. The highest BCUT2D eigenvalue weighted by molar-refractivity contribution is 9.11. The molecule has 1 aromatic rings. The molecular weight excluding hydrogens is 312 g/mol. The minimum Gasteiger partial charge on any atom is -0.390 e. The molecule has 0 amide bonds. The first-order chi connectivity index (χ1) is 8.55. The van der Waals surface area contributed by atoms with Gasteiger partial charge in [0.25, 0.3) is 0 Å². The first kappa shape index (κ1) is 14.5. The van der Waals surface area contributed by atoms with Crippen LogP contribution in [0.1, 0.15) is 37.5 Å². The van der Waals surface area contributed by atoms with E-state index < -0.39 is 6.10 Å². The van der Waals surface area contributed by atoms with E-state index in [4.69, 9.17) is 4.74 Å². The highest BCUT2D eigenvalue weighted by Gasteiger charge is 2.40. The highest BCUT2D eigenvalue weighted by Crippen LogP contribution is 2.38. The summed E-state index contributed by atoms with van der Waals surface area (Å²) in [4.78, 5) is 1.21. The van der Waals surface area contributed by atoms with Gasteiger partial charge in [0, 0.05) is 18.4 Å². The molecular formula is C14H21BrO2S. The van der Waals surface area contributed by atoms with Crippen molar-refractivity contribution in [2.75, 3.05) is 7.11 Å². The van der Waals surface area contributed by atoms with Gasteiger partial charge >= 0.3 is 0 Å². The highest BCUT2D eigenvalue weighted by atomic mass is 79.9. The molecule has 2 rings (SSSR count). The molecule has 0 spiro atoms. The van der Waals surface area contributed by atoms with Gasteiger partial charge in [0.05, 0.1) is 15.5 Å². The molecule has 0 radical (unpaired) electrons. The Morgan fingerprint density at radius 1 is 1.50 bits per heavy atom. The summed E-state index contributed by atoms with van der Waals surface area (Å²) in [5.41, 5.74) is -0.330. The number of methoxy groups -OCH3 is 1. The molecule has 0 aliphatic heterocycles. The van der Waals surface area contributed by atoms with Gasteiger partial charge in [-0.3, -0.25) is 0 Å². The number of ether oxygens (including phenoxy) is 1. The van der Waals surface area contributed by atoms with Crippen LogP contribution in [0.3, 0.4) is 0 Å². The Hall–Kier alpha value is 0.1000. The van der Waals surface area contributed by atoms with Crippen LogP contribution in [0.15, 0.2) is 15.9 Å². The second-order valence-electron chi connectivity index (χ2n) is 5.38. The van der Waals surface area contributed by atoms with Crippen LogP contribution < -0.4 is 0 Å². The Morgan fingerprint density at radius 2 is 2.17 bits per heavy atom. The number of rotatable bonds is 4. The fourth-order valence-electron chi connectivity index (χ4n) is 2.76. The minimum absolute atomic E-state index is 0.330. The molecule has 1 saturated carbocycles. The average Bonchev–Trinajstić information content (AvgIpc) is 2.76. The maximum absolute atomic E-state index is 10.5. The molecule has 0 saturated heterocycles. The standard InChI is InChI=1S/C14H21BrO2S/c1-10-5-7-14(17-2,8-6-10)12(16)9-11-3-4-13(15)18-11/h3-4,10,12,16H,5-9H2,1-2H3. The summed E-state index contributed by atoms with van der Waals surface area (Å²) in [6.07, 6.45) is 4.54. The zero-order chi connectivity index (χ0) is 13.2. The predicted molar refractivity (Wildman–Crippen MR) is 79.1 cm³/mol. The van der Waals surface area contributed by atoms with Crippen LogP contribution >= 0.6 is 27.3 Å². The van der Waals surface area contributed by atoms with Gasteiger partial charge in [0.15, 0.2) is 0 Å². The molecule has 2 nitrogen and oxygen atoms in total. The van der Waals surface area contributed by atoms with Gasteiger partial charge in [-0.2, -0.15) is 0 Å². The lowest BCUT2D eigenvalue weighted by Crippen LogP contribution is -2.47. The Morgan fingerprint density at radius 3 is 2.67 bits per heavy atom. The molecule has 1 atom stereocenters. The summed E-state index contributed by atoms with van der Waals surface area (Å²) in [6.45, 7) is 2.28. The summed E-state index contributed by atoms with van der Waals surface area (Å²) in [5.74, 6) is 0.761. The molecule has 0 bridgehead atoms. The van der Waals surface area contributed by atoms with Crippen molar-refractivity contribution in [1.82, 2.24) is 0 Å². The largest absolute Gasteiger partial charge is 0.390 e. The van der Waals surface area contributed by atoms with Crippen molar-refractivity contribution in [3.63, 3.8) is 0 Å². The molecule has 1 aliphatic rings. The van der Waals surface area contributed by atoms with Gasteiger partial charge in [0.1, 0.15) is 0 Å². The van der Waals surface area contributed by atoms with Crippen LogP contribution in [0.4, 0.5) is 0 Å². The maximum Gasteiger partial charge on any atom is 0.0940 e. The van der Waals surface area contributed by atoms with E-state index >= 15 is 0 Å². The number of aliphatic hydroxyl groups excluding tert-OH is 1. The van der Waals surface area contributed by atoms with Gasteiger partial charge in [-0.05, 0) is 59.7 Å². The lowest BCUT2D eigenvalue weighted by Gasteiger charge is -2.41. The van der Waals surface area contributed by atoms with Crippen LogP contribution in [0, 0.1) is 5.92 Å². The summed E-state index contributed by atoms with van der Waals surface area (Å²) in [5, 5.41) is 10.5. The van der Waals surface area contributed by atoms with Crippen LogP contribution in [0.5, 0.6) is 0 Å². The third-order valence-electron chi connectivity index (χ3n) is 4.16. The molecule has 18 heavy (non-hydrogen) atoms. The van der Waals surface area contributed by atoms with Gasteiger partial charge in [-0.25, -0.2) is 0 Å².